The van der Waals surface area contributed by atoms with Crippen molar-refractivity contribution in [1.29, 1.82) is 0 Å². The van der Waals surface area contributed by atoms with Gasteiger partial charge in [0.2, 0.25) is 5.88 Å². The standard InChI is InChI=1S/C27H16N3O.Pt/c1-2-7-21(8-3-1)31-24-10-4-9-22(29-24)23-16-15-20-14-12-18-11-13-19-6-5-17-28-26(19)25(18)27(20)30-23;/h1-7,9-17H;/q-1;. The Labute approximate surface area is 199 Å². The molecule has 0 bridgehead atoms. The van der Waals surface area contributed by atoms with Crippen LogP contribution in [0.25, 0.3) is 44.0 Å². The summed E-state index contributed by atoms with van der Waals surface area (Å²) in [5.74, 6) is 1.13. The first-order valence-corrected chi connectivity index (χ1v) is 10.0. The second kappa shape index (κ2) is 8.49. The third-order valence-electron chi connectivity index (χ3n) is 5.29. The molecule has 0 aliphatic carbocycles. The van der Waals surface area contributed by atoms with Crippen LogP contribution in [0.5, 0.6) is 11.6 Å². The van der Waals surface area contributed by atoms with Gasteiger partial charge in [0.15, 0.2) is 0 Å². The van der Waals surface area contributed by atoms with E-state index >= 15 is 0 Å². The smallest absolute Gasteiger partial charge is 0.217 e. The van der Waals surface area contributed by atoms with E-state index in [0.717, 1.165) is 44.0 Å². The van der Waals surface area contributed by atoms with E-state index in [4.69, 9.17) is 9.72 Å². The van der Waals surface area contributed by atoms with Gasteiger partial charge in [-0.15, -0.1) is 12.1 Å². The first-order valence-electron chi connectivity index (χ1n) is 10.0. The van der Waals surface area contributed by atoms with Crippen LogP contribution in [0.4, 0.5) is 0 Å². The Bertz CT molecular complexity index is 1560. The van der Waals surface area contributed by atoms with E-state index in [1.807, 2.05) is 60.8 Å². The van der Waals surface area contributed by atoms with Crippen LogP contribution in [-0.2, 0) is 21.1 Å². The van der Waals surface area contributed by atoms with E-state index < -0.39 is 0 Å². The maximum absolute atomic E-state index is 5.85. The van der Waals surface area contributed by atoms with Crippen LogP contribution in [0.3, 0.4) is 0 Å². The van der Waals surface area contributed by atoms with Crippen molar-refractivity contribution in [2.45, 2.75) is 0 Å². The predicted molar refractivity (Wildman–Crippen MR) is 123 cm³/mol. The summed E-state index contributed by atoms with van der Waals surface area (Å²) in [5.41, 5.74) is 3.42. The number of ether oxygens (including phenoxy) is 1. The average Bonchev–Trinajstić information content (AvgIpc) is 2.84. The molecule has 3 heterocycles. The molecule has 0 saturated heterocycles. The molecule has 0 atom stereocenters. The molecular weight excluding hydrogens is 577 g/mol. The fourth-order valence-electron chi connectivity index (χ4n) is 3.84. The zero-order valence-corrected chi connectivity index (χ0v) is 19.1. The number of nitrogens with zero attached hydrogens (tertiary/aromatic N) is 3. The SMILES string of the molecule is [Pt].[c-]1ccccc1Oc1cccc(-c2ccc3ccc4ccc5cccnc5c4c3n2)n1. The van der Waals surface area contributed by atoms with Crippen molar-refractivity contribution in [2.24, 2.45) is 0 Å². The van der Waals surface area contributed by atoms with Crippen molar-refractivity contribution in [2.75, 3.05) is 0 Å². The van der Waals surface area contributed by atoms with Crippen LogP contribution in [-0.4, -0.2) is 15.0 Å². The molecule has 4 nitrogen and oxygen atoms in total. The monoisotopic (exact) mass is 593 g/mol. The molecule has 6 aromatic rings. The molecule has 0 fully saturated rings. The maximum atomic E-state index is 5.85. The normalized spacial score (nSPS) is 10.9. The second-order valence-corrected chi connectivity index (χ2v) is 7.26. The van der Waals surface area contributed by atoms with Crippen molar-refractivity contribution >= 4 is 32.6 Å². The topological polar surface area (TPSA) is 47.9 Å². The fourth-order valence-corrected chi connectivity index (χ4v) is 3.84. The van der Waals surface area contributed by atoms with E-state index in [9.17, 15) is 0 Å². The van der Waals surface area contributed by atoms with Crippen LogP contribution in [0.2, 0.25) is 0 Å². The Balaban J connectivity index is 0.00000216. The first kappa shape index (κ1) is 20.3. The Morgan fingerprint density at radius 3 is 2.25 bits per heavy atom. The van der Waals surface area contributed by atoms with Gasteiger partial charge in [-0.05, 0) is 23.6 Å². The Morgan fingerprint density at radius 1 is 0.625 bits per heavy atom. The summed E-state index contributed by atoms with van der Waals surface area (Å²) in [6.07, 6.45) is 1.83. The van der Waals surface area contributed by atoms with Gasteiger partial charge in [-0.3, -0.25) is 4.98 Å². The molecule has 0 spiro atoms. The Hall–Kier alpha value is -3.62. The first-order chi connectivity index (χ1) is 15.3. The van der Waals surface area contributed by atoms with E-state index in [2.05, 4.69) is 52.4 Å². The molecule has 32 heavy (non-hydrogen) atoms. The summed E-state index contributed by atoms with van der Waals surface area (Å²) in [6, 6.07) is 32.8. The van der Waals surface area contributed by atoms with Crippen LogP contribution in [0.1, 0.15) is 0 Å². The molecule has 5 heteroatoms. The molecule has 3 aromatic carbocycles. The van der Waals surface area contributed by atoms with Gasteiger partial charge >= 0.3 is 0 Å². The van der Waals surface area contributed by atoms with Gasteiger partial charge in [-0.1, -0.05) is 42.5 Å². The number of aromatic nitrogens is 3. The summed E-state index contributed by atoms with van der Waals surface area (Å²) in [4.78, 5) is 14.3. The quantitative estimate of drug-likeness (QED) is 0.172. The molecule has 0 aliphatic rings. The van der Waals surface area contributed by atoms with Crippen LogP contribution >= 0.6 is 0 Å². The zero-order valence-electron chi connectivity index (χ0n) is 16.8. The van der Waals surface area contributed by atoms with Gasteiger partial charge in [-0.2, -0.15) is 18.2 Å². The van der Waals surface area contributed by atoms with Gasteiger partial charge in [0.1, 0.15) is 0 Å². The molecule has 0 amide bonds. The summed E-state index contributed by atoms with van der Waals surface area (Å²) < 4.78 is 5.85. The molecule has 0 unspecified atom stereocenters. The van der Waals surface area contributed by atoms with Crippen LogP contribution in [0.15, 0.2) is 97.2 Å². The van der Waals surface area contributed by atoms with Gasteiger partial charge in [0.25, 0.3) is 0 Å². The number of fused-ring (bicyclic) bond motifs is 5. The molecule has 0 aliphatic heterocycles. The maximum Gasteiger partial charge on any atom is 0.217 e. The van der Waals surface area contributed by atoms with E-state index in [0.29, 0.717) is 11.6 Å². The van der Waals surface area contributed by atoms with E-state index in [-0.39, 0.29) is 21.1 Å². The number of benzene rings is 3. The average molecular weight is 594 g/mol. The van der Waals surface area contributed by atoms with Gasteiger partial charge in [0, 0.05) is 55.2 Å². The molecular formula is C27H16N3OPt-. The number of pyridine rings is 3. The molecule has 0 radical (unpaired) electrons. The minimum Gasteiger partial charge on any atom is -0.466 e. The minimum absolute atomic E-state index is 0. The van der Waals surface area contributed by atoms with Crippen molar-refractivity contribution in [1.82, 2.24) is 15.0 Å². The minimum atomic E-state index is 0. The fraction of sp³-hybridized carbons (Fsp3) is 0. The van der Waals surface area contributed by atoms with Crippen molar-refractivity contribution in [3.05, 3.63) is 103 Å². The van der Waals surface area contributed by atoms with Crippen molar-refractivity contribution in [3.8, 4) is 23.0 Å². The molecule has 0 saturated carbocycles. The summed E-state index contributed by atoms with van der Waals surface area (Å²) >= 11 is 0. The number of para-hydroxylation sites is 1. The zero-order chi connectivity index (χ0) is 20.6. The second-order valence-electron chi connectivity index (χ2n) is 7.26. The molecule has 156 valence electrons. The Kier molecular flexibility index (Phi) is 5.38. The Morgan fingerprint density at radius 2 is 1.41 bits per heavy atom. The molecule has 6 rings (SSSR count). The van der Waals surface area contributed by atoms with Crippen LogP contribution in [0, 0.1) is 6.07 Å². The predicted octanol–water partition coefficient (Wildman–Crippen LogP) is 6.59. The van der Waals surface area contributed by atoms with Crippen molar-refractivity contribution in [3.63, 3.8) is 0 Å². The largest absolute Gasteiger partial charge is 0.466 e. The third-order valence-corrected chi connectivity index (χ3v) is 5.29. The van der Waals surface area contributed by atoms with Gasteiger partial charge in [-0.25, -0.2) is 9.97 Å². The molecule has 0 N–H and O–H groups in total. The van der Waals surface area contributed by atoms with Gasteiger partial charge < -0.3 is 4.74 Å². The third kappa shape index (κ3) is 3.63. The number of hydrogen-bond donors (Lipinski definition) is 0. The number of hydrogen-bond acceptors (Lipinski definition) is 4. The van der Waals surface area contributed by atoms with Gasteiger partial charge in [0.05, 0.1) is 22.4 Å². The summed E-state index contributed by atoms with van der Waals surface area (Å²) in [5, 5.41) is 4.35. The van der Waals surface area contributed by atoms with Crippen molar-refractivity contribution < 1.29 is 25.8 Å². The summed E-state index contributed by atoms with van der Waals surface area (Å²) in [6.45, 7) is 0. The van der Waals surface area contributed by atoms with E-state index in [1.165, 1.54) is 0 Å². The number of rotatable bonds is 3. The van der Waals surface area contributed by atoms with E-state index in [1.54, 1.807) is 0 Å². The molecule has 3 aromatic heterocycles. The summed E-state index contributed by atoms with van der Waals surface area (Å²) in [7, 11) is 0. The van der Waals surface area contributed by atoms with Crippen LogP contribution < -0.4 is 4.74 Å².